The van der Waals surface area contributed by atoms with Crippen LogP contribution in [0.1, 0.15) is 49.9 Å². The zero-order valence-corrected chi connectivity index (χ0v) is 45.0. The van der Waals surface area contributed by atoms with Crippen molar-refractivity contribution >= 4 is 218 Å². The van der Waals surface area contributed by atoms with E-state index in [0.29, 0.717) is 0 Å². The van der Waals surface area contributed by atoms with E-state index in [2.05, 4.69) is 204 Å². The molecule has 17 heteroatoms. The second kappa shape index (κ2) is 15.6. The van der Waals surface area contributed by atoms with E-state index < -0.39 is 0 Å². The molecule has 2 aliphatic rings. The molecule has 0 atom stereocenters. The van der Waals surface area contributed by atoms with Crippen LogP contribution in [0.3, 0.4) is 0 Å². The smallest absolute Gasteiger partial charge is 0.140 e. The monoisotopic (exact) mass is 891 g/mol. The van der Waals surface area contributed by atoms with Gasteiger partial charge in [0.15, 0.2) is 0 Å². The van der Waals surface area contributed by atoms with Crippen LogP contribution in [0.4, 0.5) is 0 Å². The lowest BCUT2D eigenvalue weighted by Crippen LogP contribution is -2.51. The minimum absolute atomic E-state index is 0.0972. The minimum atomic E-state index is -0.108. The predicted octanol–water partition coefficient (Wildman–Crippen LogP) is -10.3. The van der Waals surface area contributed by atoms with Gasteiger partial charge in [0.05, 0.1) is 15.9 Å². The third kappa shape index (κ3) is 6.17. The molecule has 69 heavy (non-hydrogen) atoms. The molecule has 0 unspecified atom stereocenters. The molecule has 2 nitrogen and oxygen atoms in total. The van der Waals surface area contributed by atoms with E-state index in [4.69, 9.17) is 9.97 Å². The van der Waals surface area contributed by atoms with Crippen LogP contribution in [0.15, 0.2) is 73.1 Å². The van der Waals surface area contributed by atoms with Crippen molar-refractivity contribution in [3.05, 3.63) is 95.3 Å². The Balaban J connectivity index is 0.995. The summed E-state index contributed by atoms with van der Waals surface area (Å²) in [5, 5.41) is 1.17. The predicted molar refractivity (Wildman–Crippen MR) is 346 cm³/mol. The highest BCUT2D eigenvalue weighted by molar-refractivity contribution is 7.26. The highest BCUT2D eigenvalue weighted by Crippen LogP contribution is 2.47. The highest BCUT2D eigenvalue weighted by atomic mass is 32.1. The Hall–Kier alpha value is -5.25. The van der Waals surface area contributed by atoms with E-state index in [9.17, 15) is 0 Å². The topological polar surface area (TPSA) is 25.8 Å². The van der Waals surface area contributed by atoms with Crippen molar-refractivity contribution in [2.24, 2.45) is 0 Å². The summed E-state index contributed by atoms with van der Waals surface area (Å²) in [6.45, 7) is 9.79. The summed E-state index contributed by atoms with van der Waals surface area (Å²) >= 11 is 1.80. The maximum atomic E-state index is 5.03. The molecular formula is C52H52B14N2S. The maximum absolute atomic E-state index is 5.03. The number of benzene rings is 7. The number of hydrogen-bond acceptors (Lipinski definition) is 3. The zero-order valence-electron chi connectivity index (χ0n) is 44.2. The maximum Gasteiger partial charge on any atom is 0.140 e. The molecule has 7 aromatic carbocycles. The fraction of sp³-hybridized carbons (Fsp3) is 0.115. The van der Waals surface area contributed by atoms with Crippen LogP contribution in [0, 0.1) is 0 Å². The third-order valence-electron chi connectivity index (χ3n) is 18.2. The summed E-state index contributed by atoms with van der Waals surface area (Å²) in [5.41, 5.74) is 42.1. The van der Waals surface area contributed by atoms with Gasteiger partial charge in [-0.15, -0.1) is 33.2 Å². The van der Waals surface area contributed by atoms with E-state index in [1.807, 2.05) is 0 Å². The first-order chi connectivity index (χ1) is 32.6. The Labute approximate surface area is 426 Å². The number of fused-ring (bicyclic) bond motifs is 9. The molecule has 0 bridgehead atoms. The van der Waals surface area contributed by atoms with Crippen LogP contribution in [-0.4, -0.2) is 120 Å². The Bertz CT molecular complexity index is 3860. The van der Waals surface area contributed by atoms with Crippen LogP contribution in [0.5, 0.6) is 0 Å². The quantitative estimate of drug-likeness (QED) is 0.165. The van der Waals surface area contributed by atoms with Crippen molar-refractivity contribution in [2.45, 2.75) is 38.5 Å². The molecule has 0 amide bonds. The molecule has 0 aliphatic heterocycles. The van der Waals surface area contributed by atoms with Gasteiger partial charge in [-0.2, -0.15) is 0 Å². The summed E-state index contributed by atoms with van der Waals surface area (Å²) < 4.78 is 2.35. The Kier molecular flexibility index (Phi) is 10.4. The van der Waals surface area contributed by atoms with E-state index in [1.165, 1.54) is 164 Å². The molecule has 0 N–H and O–H groups in total. The van der Waals surface area contributed by atoms with Gasteiger partial charge in [-0.3, -0.25) is 0 Å². The Morgan fingerprint density at radius 3 is 1.23 bits per heavy atom. The van der Waals surface area contributed by atoms with Gasteiger partial charge >= 0.3 is 0 Å². The summed E-state index contributed by atoms with van der Waals surface area (Å²) in [5.74, 6) is 0. The molecule has 0 fully saturated rings. The van der Waals surface area contributed by atoms with Crippen molar-refractivity contribution < 1.29 is 0 Å². The second-order valence-electron chi connectivity index (χ2n) is 22.1. The summed E-state index contributed by atoms with van der Waals surface area (Å²) in [6.07, 6.45) is 1.77. The number of rotatable bonds is 4. The number of nitrogens with zero attached hydrogens (tertiary/aromatic N) is 2. The molecule has 0 saturated heterocycles. The van der Waals surface area contributed by atoms with Crippen LogP contribution in [0.2, 0.25) is 0 Å². The molecule has 318 valence electrons. The molecular weight excluding hydrogens is 836 g/mol. The molecule has 11 rings (SSSR count). The molecule has 0 saturated carbocycles. The molecule has 2 heterocycles. The van der Waals surface area contributed by atoms with Gasteiger partial charge in [0, 0.05) is 26.5 Å². The normalized spacial score (nSPS) is 14.0. The highest BCUT2D eigenvalue weighted by Gasteiger charge is 2.43. The number of thiophene rings is 1. The standard InChI is InChI=1S/C52H52B14N2S/c1-51(2)30-26(28-32(51)42(61)46(65)44(63)40(28)59)38(57)36(55)24(34(30)53)19-8-5-7-17(13-19)18-11-12-23-22(15-18)49-50(69-23)48(67-16-68-49)21-10-6-9-20(14-21)25-35(54)31-27(39(58)37(25)56)29-33(52(31,3)4)43(62)47(66)45(64)41(29)60/h5-16H,53-66H2,1-4H3. The number of aromatic nitrogens is 2. The Morgan fingerprint density at radius 1 is 0.362 bits per heavy atom. The van der Waals surface area contributed by atoms with E-state index in [0.717, 1.165) is 21.5 Å². The lowest BCUT2D eigenvalue weighted by Gasteiger charge is -2.29. The minimum Gasteiger partial charge on any atom is -0.235 e. The second-order valence-corrected chi connectivity index (χ2v) is 23.2. The fourth-order valence-electron chi connectivity index (χ4n) is 14.1. The lowest BCUT2D eigenvalue weighted by molar-refractivity contribution is 0.669. The largest absolute Gasteiger partial charge is 0.235 e. The van der Waals surface area contributed by atoms with Crippen molar-refractivity contribution in [3.8, 4) is 66.9 Å². The van der Waals surface area contributed by atoms with Gasteiger partial charge in [-0.05, 0) is 102 Å². The van der Waals surface area contributed by atoms with Crippen LogP contribution >= 0.6 is 11.3 Å². The fourth-order valence-corrected chi connectivity index (χ4v) is 15.2. The lowest BCUT2D eigenvalue weighted by atomic mass is 9.61. The Morgan fingerprint density at radius 2 is 0.739 bits per heavy atom. The molecule has 0 radical (unpaired) electrons. The average molecular weight is 888 g/mol. The zero-order chi connectivity index (χ0) is 49.2. The van der Waals surface area contributed by atoms with Gasteiger partial charge in [-0.1, -0.05) is 125 Å². The van der Waals surface area contributed by atoms with Gasteiger partial charge in [0.2, 0.25) is 0 Å². The summed E-state index contributed by atoms with van der Waals surface area (Å²) in [6, 6.07) is 25.3. The first kappa shape index (κ1) is 46.2. The first-order valence-electron chi connectivity index (χ1n) is 25.0. The van der Waals surface area contributed by atoms with Gasteiger partial charge < -0.3 is 0 Å². The SMILES string of the molecule is Bc1c(B)c(B)c2c(c1B)-c1c(B)c(B)c(-c3cccc(-c4ccc5sc6c(-c7cccc(-c8c(B)c(B)c9c(c8B)C(C)(C)c8c(B)c(B)c(B)c(B)c8-9)c7)ncnc6c5c4)c3)c(B)c1C2(C)C. The number of hydrogen-bond donors (Lipinski definition) is 0. The van der Waals surface area contributed by atoms with Crippen molar-refractivity contribution in [2.75, 3.05) is 0 Å². The van der Waals surface area contributed by atoms with Crippen molar-refractivity contribution in [3.63, 3.8) is 0 Å². The van der Waals surface area contributed by atoms with E-state index >= 15 is 0 Å². The van der Waals surface area contributed by atoms with Crippen LogP contribution < -0.4 is 76.5 Å². The van der Waals surface area contributed by atoms with Crippen LogP contribution in [-0.2, 0) is 10.8 Å². The molecule has 0 spiro atoms. The molecule has 2 aliphatic carbocycles. The van der Waals surface area contributed by atoms with Crippen LogP contribution in [0.25, 0.3) is 87.2 Å². The summed E-state index contributed by atoms with van der Waals surface area (Å²) in [7, 11) is 32.7. The van der Waals surface area contributed by atoms with Gasteiger partial charge in [0.25, 0.3) is 0 Å². The molecule has 2 aromatic heterocycles. The molecule has 9 aromatic rings. The first-order valence-corrected chi connectivity index (χ1v) is 25.8. The third-order valence-corrected chi connectivity index (χ3v) is 19.3. The average Bonchev–Trinajstić information content (AvgIpc) is 3.92. The summed E-state index contributed by atoms with van der Waals surface area (Å²) in [4.78, 5) is 10.0. The van der Waals surface area contributed by atoms with E-state index in [-0.39, 0.29) is 10.8 Å². The van der Waals surface area contributed by atoms with Gasteiger partial charge in [0.1, 0.15) is 116 Å². The van der Waals surface area contributed by atoms with E-state index in [1.54, 1.807) is 17.7 Å². The van der Waals surface area contributed by atoms with Crippen molar-refractivity contribution in [1.29, 1.82) is 0 Å². The van der Waals surface area contributed by atoms with Crippen molar-refractivity contribution in [1.82, 2.24) is 9.97 Å². The van der Waals surface area contributed by atoms with Gasteiger partial charge in [-0.25, -0.2) is 9.97 Å².